The van der Waals surface area contributed by atoms with Gasteiger partial charge in [-0.05, 0) is 12.1 Å². The fraction of sp³-hybridized carbons (Fsp3) is 0.450. The first-order chi connectivity index (χ1) is 13.7. The zero-order valence-electron chi connectivity index (χ0n) is 15.5. The third-order valence-corrected chi connectivity index (χ3v) is 5.97. The summed E-state index contributed by atoms with van der Waals surface area (Å²) < 4.78 is 10.7. The fourth-order valence-corrected chi connectivity index (χ4v) is 4.69. The molecule has 0 aliphatic carbocycles. The van der Waals surface area contributed by atoms with E-state index in [1.165, 1.54) is 6.20 Å². The zero-order valence-corrected chi connectivity index (χ0v) is 15.5. The molecule has 8 heteroatoms. The molecule has 0 saturated carbocycles. The number of piperazine rings is 1. The number of aromatic nitrogens is 1. The van der Waals surface area contributed by atoms with E-state index in [0.29, 0.717) is 45.0 Å². The summed E-state index contributed by atoms with van der Waals surface area (Å²) >= 11 is 0. The third kappa shape index (κ3) is 2.80. The van der Waals surface area contributed by atoms with Crippen LogP contribution in [-0.2, 0) is 4.74 Å². The molecule has 8 nitrogen and oxygen atoms in total. The van der Waals surface area contributed by atoms with Crippen LogP contribution in [0.25, 0.3) is 0 Å². The quantitative estimate of drug-likeness (QED) is 0.762. The number of likely N-dealkylation sites (tertiary alicyclic amines) is 1. The van der Waals surface area contributed by atoms with E-state index in [2.05, 4.69) is 10.1 Å². The van der Waals surface area contributed by atoms with Gasteiger partial charge in [-0.3, -0.25) is 14.5 Å². The summed E-state index contributed by atoms with van der Waals surface area (Å²) in [6.45, 7) is 4.51. The summed E-state index contributed by atoms with van der Waals surface area (Å²) in [4.78, 5) is 31.8. The van der Waals surface area contributed by atoms with E-state index in [0.717, 1.165) is 6.54 Å². The van der Waals surface area contributed by atoms with Crippen LogP contribution in [0, 0.1) is 0 Å². The Balaban J connectivity index is 1.37. The number of carbonyl (C=O) groups is 2. The first kappa shape index (κ1) is 17.4. The molecule has 0 unspecified atom stereocenters. The minimum Gasteiger partial charge on any atom is -0.378 e. The van der Waals surface area contributed by atoms with Crippen molar-refractivity contribution >= 4 is 11.8 Å². The molecule has 146 valence electrons. The lowest BCUT2D eigenvalue weighted by molar-refractivity contribution is -0.149. The SMILES string of the molecule is O=C(c1ccccc1)N1C[C@@H]2COCCN2C2(C1)CN(C(=O)c1ccno1)C2. The predicted molar refractivity (Wildman–Crippen MR) is 98.8 cm³/mol. The van der Waals surface area contributed by atoms with Gasteiger partial charge in [-0.15, -0.1) is 0 Å². The predicted octanol–water partition coefficient (Wildman–Crippen LogP) is 0.726. The number of fused-ring (bicyclic) bond motifs is 2. The summed E-state index contributed by atoms with van der Waals surface area (Å²) in [5, 5.41) is 3.62. The molecule has 0 radical (unpaired) electrons. The molecular formula is C20H22N4O4. The molecule has 1 aromatic carbocycles. The van der Waals surface area contributed by atoms with Crippen molar-refractivity contribution in [2.45, 2.75) is 11.6 Å². The number of morpholine rings is 1. The number of benzene rings is 1. The molecule has 1 spiro atoms. The summed E-state index contributed by atoms with van der Waals surface area (Å²) in [7, 11) is 0. The van der Waals surface area contributed by atoms with Gasteiger partial charge in [0.05, 0.1) is 31.0 Å². The van der Waals surface area contributed by atoms with E-state index in [1.807, 2.05) is 35.2 Å². The molecule has 3 aliphatic heterocycles. The van der Waals surface area contributed by atoms with E-state index in [-0.39, 0.29) is 29.2 Å². The minimum atomic E-state index is -0.229. The smallest absolute Gasteiger partial charge is 0.292 e. The highest BCUT2D eigenvalue weighted by molar-refractivity contribution is 5.94. The molecule has 3 fully saturated rings. The molecule has 28 heavy (non-hydrogen) atoms. The summed E-state index contributed by atoms with van der Waals surface area (Å²) in [6.07, 6.45) is 1.47. The van der Waals surface area contributed by atoms with Gasteiger partial charge in [0.1, 0.15) is 0 Å². The van der Waals surface area contributed by atoms with Gasteiger partial charge < -0.3 is 19.1 Å². The number of carbonyl (C=O) groups excluding carboxylic acids is 2. The van der Waals surface area contributed by atoms with Gasteiger partial charge in [-0.1, -0.05) is 23.4 Å². The molecule has 2 aromatic rings. The van der Waals surface area contributed by atoms with E-state index < -0.39 is 0 Å². The molecule has 4 heterocycles. The average Bonchev–Trinajstić information content (AvgIpc) is 3.26. The first-order valence-corrected chi connectivity index (χ1v) is 9.55. The highest BCUT2D eigenvalue weighted by atomic mass is 16.5. The third-order valence-electron chi connectivity index (χ3n) is 5.97. The topological polar surface area (TPSA) is 79.1 Å². The normalized spacial score (nSPS) is 23.9. The Bertz CT molecular complexity index is 864. The second-order valence-corrected chi connectivity index (χ2v) is 7.74. The molecule has 3 saturated heterocycles. The van der Waals surface area contributed by atoms with E-state index in [1.54, 1.807) is 11.0 Å². The maximum atomic E-state index is 13.1. The molecule has 2 amide bonds. The van der Waals surface area contributed by atoms with Crippen LogP contribution in [-0.4, -0.2) is 89.2 Å². The van der Waals surface area contributed by atoms with Gasteiger partial charge in [0.2, 0.25) is 5.76 Å². The van der Waals surface area contributed by atoms with Crippen LogP contribution in [0.3, 0.4) is 0 Å². The van der Waals surface area contributed by atoms with Crippen LogP contribution in [0.4, 0.5) is 0 Å². The Morgan fingerprint density at radius 1 is 1.04 bits per heavy atom. The molecule has 3 aliphatic rings. The van der Waals surface area contributed by atoms with Crippen molar-refractivity contribution in [1.29, 1.82) is 0 Å². The maximum Gasteiger partial charge on any atom is 0.292 e. The lowest BCUT2D eigenvalue weighted by Crippen LogP contribution is -2.81. The maximum absolute atomic E-state index is 13.1. The number of hydrogen-bond acceptors (Lipinski definition) is 6. The Kier molecular flexibility index (Phi) is 4.17. The Morgan fingerprint density at radius 3 is 2.57 bits per heavy atom. The summed E-state index contributed by atoms with van der Waals surface area (Å²) in [5.74, 6) is 0.131. The van der Waals surface area contributed by atoms with Crippen LogP contribution in [0.15, 0.2) is 47.1 Å². The van der Waals surface area contributed by atoms with Crippen LogP contribution in [0.2, 0.25) is 0 Å². The lowest BCUT2D eigenvalue weighted by Gasteiger charge is -2.63. The van der Waals surface area contributed by atoms with Gasteiger partial charge in [-0.25, -0.2) is 0 Å². The summed E-state index contributed by atoms with van der Waals surface area (Å²) in [5.41, 5.74) is 0.462. The fourth-order valence-electron chi connectivity index (χ4n) is 4.69. The Hall–Kier alpha value is -2.71. The zero-order chi connectivity index (χ0) is 19.1. The minimum absolute atomic E-state index is 0.0326. The van der Waals surface area contributed by atoms with E-state index in [4.69, 9.17) is 9.26 Å². The van der Waals surface area contributed by atoms with Gasteiger partial charge >= 0.3 is 0 Å². The number of amides is 2. The monoisotopic (exact) mass is 382 g/mol. The van der Waals surface area contributed by atoms with E-state index in [9.17, 15) is 9.59 Å². The van der Waals surface area contributed by atoms with Crippen LogP contribution in [0.1, 0.15) is 20.9 Å². The standard InChI is InChI=1S/C20H22N4O4/c25-18(15-4-2-1-3-5-15)22-10-16-11-27-9-8-24(16)20(12-22)13-23(14-20)19(26)17-6-7-21-28-17/h1-7,16H,8-14H2/t16-/m1/s1. The molecule has 1 aromatic heterocycles. The van der Waals surface area contributed by atoms with Gasteiger partial charge in [0, 0.05) is 44.4 Å². The first-order valence-electron chi connectivity index (χ1n) is 9.55. The van der Waals surface area contributed by atoms with Crippen molar-refractivity contribution < 1.29 is 18.8 Å². The summed E-state index contributed by atoms with van der Waals surface area (Å²) in [6, 6.07) is 11.1. The van der Waals surface area contributed by atoms with Gasteiger partial charge in [-0.2, -0.15) is 0 Å². The lowest BCUT2D eigenvalue weighted by atomic mass is 9.82. The second kappa shape index (κ2) is 6.72. The highest BCUT2D eigenvalue weighted by Gasteiger charge is 2.56. The molecule has 5 rings (SSSR count). The number of nitrogens with zero attached hydrogens (tertiary/aromatic N) is 4. The number of hydrogen-bond donors (Lipinski definition) is 0. The largest absolute Gasteiger partial charge is 0.378 e. The molecular weight excluding hydrogens is 360 g/mol. The van der Waals surface area contributed by atoms with Crippen molar-refractivity contribution in [3.63, 3.8) is 0 Å². The Labute approximate surface area is 162 Å². The van der Waals surface area contributed by atoms with Crippen molar-refractivity contribution in [1.82, 2.24) is 19.9 Å². The molecule has 0 N–H and O–H groups in total. The van der Waals surface area contributed by atoms with Crippen LogP contribution < -0.4 is 0 Å². The van der Waals surface area contributed by atoms with Crippen LogP contribution >= 0.6 is 0 Å². The van der Waals surface area contributed by atoms with Gasteiger partial charge in [0.15, 0.2) is 0 Å². The molecule has 1 atom stereocenters. The number of rotatable bonds is 2. The van der Waals surface area contributed by atoms with Crippen molar-refractivity contribution in [3.8, 4) is 0 Å². The van der Waals surface area contributed by atoms with Crippen molar-refractivity contribution in [2.24, 2.45) is 0 Å². The Morgan fingerprint density at radius 2 is 1.82 bits per heavy atom. The second-order valence-electron chi connectivity index (χ2n) is 7.74. The van der Waals surface area contributed by atoms with Crippen LogP contribution in [0.5, 0.6) is 0 Å². The van der Waals surface area contributed by atoms with Gasteiger partial charge in [0.25, 0.3) is 11.8 Å². The van der Waals surface area contributed by atoms with Crippen molar-refractivity contribution in [3.05, 3.63) is 53.9 Å². The highest BCUT2D eigenvalue weighted by Crippen LogP contribution is 2.36. The van der Waals surface area contributed by atoms with E-state index >= 15 is 0 Å². The van der Waals surface area contributed by atoms with Crippen molar-refractivity contribution in [2.75, 3.05) is 45.9 Å². The average molecular weight is 382 g/mol. The molecule has 0 bridgehead atoms. The number of ether oxygens (including phenoxy) is 1.